The van der Waals surface area contributed by atoms with Crippen LogP contribution in [-0.2, 0) is 0 Å². The van der Waals surface area contributed by atoms with E-state index in [1.54, 1.807) is 0 Å². The lowest BCUT2D eigenvalue weighted by Crippen LogP contribution is -1.94. The number of rotatable bonds is 2. The molecule has 0 saturated heterocycles. The molecule has 68 valence electrons. The van der Waals surface area contributed by atoms with Gasteiger partial charge in [-0.05, 0) is 12.1 Å². The molecule has 0 aliphatic heterocycles. The van der Waals surface area contributed by atoms with Gasteiger partial charge in [-0.25, -0.2) is 0 Å². The lowest BCUT2D eigenvalue weighted by atomic mass is 10.3. The Morgan fingerprint density at radius 1 is 1.00 bits per heavy atom. The maximum Gasteiger partial charge on any atom is 0.182 e. The van der Waals surface area contributed by atoms with Gasteiger partial charge in [0.05, 0.1) is 20.0 Å². The highest BCUT2D eigenvalue weighted by Gasteiger charge is 2.19. The molecule has 0 heterocycles. The van der Waals surface area contributed by atoms with Crippen LogP contribution in [0.1, 0.15) is 0 Å². The molecular weight excluding hydrogens is 235 g/mol. The Morgan fingerprint density at radius 3 is 1.92 bits per heavy atom. The summed E-state index contributed by atoms with van der Waals surface area (Å²) in [7, 11) is -1.14. The summed E-state index contributed by atoms with van der Waals surface area (Å²) >= 11 is 0. The van der Waals surface area contributed by atoms with Gasteiger partial charge in [-0.3, -0.25) is 0 Å². The average molecular weight is 250 g/mol. The Labute approximate surface area is 85.3 Å². The molecule has 0 aliphatic rings. The quantitative estimate of drug-likeness (QED) is 0.730. The van der Waals surface area contributed by atoms with Crippen molar-refractivity contribution in [3.63, 3.8) is 0 Å². The Balaban J connectivity index is 0.00000121. The normalized spacial score (nSPS) is 10.2. The summed E-state index contributed by atoms with van der Waals surface area (Å²) in [5.41, 5.74) is 0. The molecule has 0 fully saturated rings. The summed E-state index contributed by atoms with van der Waals surface area (Å²) in [6, 6.07) is 9.96. The van der Waals surface area contributed by atoms with E-state index in [1.165, 1.54) is 0 Å². The molecule has 0 N–H and O–H groups in total. The smallest absolute Gasteiger partial charge is 0.182 e. The zero-order valence-corrected chi connectivity index (χ0v) is 10.3. The predicted octanol–water partition coefficient (Wildman–Crippen LogP) is 3.47. The molecule has 1 rings (SSSR count). The molecule has 1 aromatic rings. The fourth-order valence-electron chi connectivity index (χ4n) is 0.798. The van der Waals surface area contributed by atoms with Crippen molar-refractivity contribution in [2.24, 2.45) is 0 Å². The maximum atomic E-state index is 5.71. The van der Waals surface area contributed by atoms with Crippen molar-refractivity contribution < 1.29 is 4.52 Å². The van der Waals surface area contributed by atoms with Crippen molar-refractivity contribution in [1.82, 2.24) is 0 Å². The highest BCUT2D eigenvalue weighted by molar-refractivity contribution is 8.93. The lowest BCUT2D eigenvalue weighted by Gasteiger charge is -2.11. The number of benzene rings is 1. The lowest BCUT2D eigenvalue weighted by molar-refractivity contribution is 0.609. The second-order valence-corrected chi connectivity index (χ2v) is 7.26. The van der Waals surface area contributed by atoms with E-state index in [9.17, 15) is 0 Å². The first-order valence-corrected chi connectivity index (χ1v) is 6.69. The molecule has 0 atom stereocenters. The molecule has 0 aliphatic carbocycles. The molecule has 1 aromatic carbocycles. The fourth-order valence-corrected chi connectivity index (χ4v) is 1.55. The minimum absolute atomic E-state index is 0. The SMILES string of the molecule is Br.C[P+](C)(C)Oc1ccccc1. The van der Waals surface area contributed by atoms with Gasteiger partial charge in [0, 0.05) is 0 Å². The zero-order valence-electron chi connectivity index (χ0n) is 7.65. The van der Waals surface area contributed by atoms with E-state index in [-0.39, 0.29) is 17.0 Å². The van der Waals surface area contributed by atoms with Gasteiger partial charge in [-0.2, -0.15) is 0 Å². The standard InChI is InChI=1S/C9H14OP.BrH/c1-11(2,3)10-9-7-5-4-6-8-9;/h4-8H,1-3H3;1H/q+1;. The molecule has 1 nitrogen and oxygen atoms in total. The van der Waals surface area contributed by atoms with Gasteiger partial charge in [0.2, 0.25) is 0 Å². The van der Waals surface area contributed by atoms with Gasteiger partial charge >= 0.3 is 0 Å². The van der Waals surface area contributed by atoms with Crippen molar-refractivity contribution in [2.45, 2.75) is 0 Å². The first kappa shape index (κ1) is 11.9. The molecule has 0 saturated carbocycles. The van der Waals surface area contributed by atoms with Gasteiger partial charge < -0.3 is 4.52 Å². The van der Waals surface area contributed by atoms with Gasteiger partial charge in [0.25, 0.3) is 0 Å². The van der Waals surface area contributed by atoms with Crippen molar-refractivity contribution in [1.29, 1.82) is 0 Å². The zero-order chi connectivity index (χ0) is 8.32. The van der Waals surface area contributed by atoms with E-state index >= 15 is 0 Å². The monoisotopic (exact) mass is 249 g/mol. The Bertz CT molecular complexity index is 218. The van der Waals surface area contributed by atoms with Crippen LogP contribution >= 0.6 is 24.5 Å². The van der Waals surface area contributed by atoms with Crippen LogP contribution in [0.2, 0.25) is 0 Å². The molecule has 0 aromatic heterocycles. The summed E-state index contributed by atoms with van der Waals surface area (Å²) < 4.78 is 5.71. The van der Waals surface area contributed by atoms with E-state index in [0.29, 0.717) is 0 Å². The van der Waals surface area contributed by atoms with Crippen molar-refractivity contribution >= 4 is 24.5 Å². The summed E-state index contributed by atoms with van der Waals surface area (Å²) in [6.07, 6.45) is 0. The van der Waals surface area contributed by atoms with Crippen LogP contribution in [0.15, 0.2) is 30.3 Å². The summed E-state index contributed by atoms with van der Waals surface area (Å²) in [5.74, 6) is 0.980. The fraction of sp³-hybridized carbons (Fsp3) is 0.333. The molecule has 0 amide bonds. The second kappa shape index (κ2) is 4.84. The molecule has 12 heavy (non-hydrogen) atoms. The van der Waals surface area contributed by atoms with Gasteiger partial charge in [-0.1, -0.05) is 18.2 Å². The van der Waals surface area contributed by atoms with E-state index < -0.39 is 7.49 Å². The molecule has 0 unspecified atom stereocenters. The molecule has 3 heteroatoms. The first-order valence-electron chi connectivity index (χ1n) is 3.64. The van der Waals surface area contributed by atoms with Crippen molar-refractivity contribution in [2.75, 3.05) is 20.0 Å². The minimum Gasteiger partial charge on any atom is -0.352 e. The molecule has 0 spiro atoms. The molecular formula is C9H15BrOP+. The van der Waals surface area contributed by atoms with Gasteiger partial charge in [0.15, 0.2) is 13.2 Å². The number of para-hydroxylation sites is 1. The van der Waals surface area contributed by atoms with Crippen LogP contribution < -0.4 is 4.52 Å². The second-order valence-electron chi connectivity index (χ2n) is 3.29. The Hall–Kier alpha value is -0.0700. The largest absolute Gasteiger partial charge is 0.352 e. The van der Waals surface area contributed by atoms with E-state index in [1.807, 2.05) is 30.3 Å². The molecule has 0 bridgehead atoms. The average Bonchev–Trinajstić information content (AvgIpc) is 1.85. The van der Waals surface area contributed by atoms with Gasteiger partial charge in [-0.15, -0.1) is 17.0 Å². The maximum absolute atomic E-state index is 5.71. The van der Waals surface area contributed by atoms with Crippen molar-refractivity contribution in [3.8, 4) is 5.75 Å². The summed E-state index contributed by atoms with van der Waals surface area (Å²) in [5, 5.41) is 0. The van der Waals surface area contributed by atoms with Crippen molar-refractivity contribution in [3.05, 3.63) is 30.3 Å². The van der Waals surface area contributed by atoms with E-state index in [2.05, 4.69) is 20.0 Å². The predicted molar refractivity (Wildman–Crippen MR) is 62.1 cm³/mol. The number of hydrogen-bond acceptors (Lipinski definition) is 1. The summed E-state index contributed by atoms with van der Waals surface area (Å²) in [4.78, 5) is 0. The number of halogens is 1. The third-order valence-electron chi connectivity index (χ3n) is 1.12. The molecule has 0 radical (unpaired) electrons. The Kier molecular flexibility index (Phi) is 4.81. The first-order chi connectivity index (χ1) is 5.08. The van der Waals surface area contributed by atoms with Crippen LogP contribution in [0.25, 0.3) is 0 Å². The van der Waals surface area contributed by atoms with E-state index in [0.717, 1.165) is 5.75 Å². The van der Waals surface area contributed by atoms with Crippen LogP contribution in [-0.4, -0.2) is 20.0 Å². The topological polar surface area (TPSA) is 9.23 Å². The third kappa shape index (κ3) is 4.74. The summed E-state index contributed by atoms with van der Waals surface area (Å²) in [6.45, 7) is 6.46. The number of hydrogen-bond donors (Lipinski definition) is 0. The highest BCUT2D eigenvalue weighted by Crippen LogP contribution is 2.47. The van der Waals surface area contributed by atoms with Crippen LogP contribution in [0.5, 0.6) is 5.75 Å². The third-order valence-corrected chi connectivity index (χ3v) is 1.88. The highest BCUT2D eigenvalue weighted by atomic mass is 79.9. The van der Waals surface area contributed by atoms with Crippen LogP contribution in [0.3, 0.4) is 0 Å². The van der Waals surface area contributed by atoms with Gasteiger partial charge in [0.1, 0.15) is 0 Å². The van der Waals surface area contributed by atoms with Crippen LogP contribution in [0.4, 0.5) is 0 Å². The minimum atomic E-state index is -1.14. The Morgan fingerprint density at radius 2 is 1.50 bits per heavy atom. The van der Waals surface area contributed by atoms with E-state index in [4.69, 9.17) is 4.52 Å². The van der Waals surface area contributed by atoms with Crippen LogP contribution in [0, 0.1) is 0 Å².